The minimum Gasteiger partial charge on any atom is -0.396 e. The Morgan fingerprint density at radius 1 is 1.11 bits per heavy atom. The van der Waals surface area contributed by atoms with E-state index >= 15 is 0 Å². The highest BCUT2D eigenvalue weighted by Gasteiger charge is 2.40. The van der Waals surface area contributed by atoms with Gasteiger partial charge in [-0.25, -0.2) is 0 Å². The molecule has 144 valence electrons. The Balaban J connectivity index is 1.92. The van der Waals surface area contributed by atoms with E-state index in [0.717, 1.165) is 34.2 Å². The van der Waals surface area contributed by atoms with E-state index in [9.17, 15) is 14.4 Å². The average molecular weight is 369 g/mol. The number of oxime groups is 1. The Bertz CT molecular complexity index is 819. The van der Waals surface area contributed by atoms with E-state index in [-0.39, 0.29) is 23.3 Å². The molecule has 0 amide bonds. The van der Waals surface area contributed by atoms with Crippen molar-refractivity contribution in [3.63, 3.8) is 0 Å². The molecule has 0 aromatic heterocycles. The lowest BCUT2D eigenvalue weighted by molar-refractivity contribution is -0.133. The van der Waals surface area contributed by atoms with Crippen LogP contribution >= 0.6 is 0 Å². The van der Waals surface area contributed by atoms with Crippen LogP contribution in [0.25, 0.3) is 0 Å². The molecule has 0 atom stereocenters. The van der Waals surface area contributed by atoms with Crippen LogP contribution in [-0.2, 0) is 20.8 Å². The van der Waals surface area contributed by atoms with Crippen LogP contribution < -0.4 is 0 Å². The molecule has 0 unspecified atom stereocenters. The molecule has 0 radical (unpaired) electrons. The molecule has 1 aromatic rings. The normalized spacial score (nSPS) is 23.0. The van der Waals surface area contributed by atoms with Gasteiger partial charge in [-0.05, 0) is 61.8 Å². The Morgan fingerprint density at radius 3 is 2.37 bits per heavy atom. The smallest absolute Gasteiger partial charge is 0.163 e. The molecular formula is C22H27NO4. The lowest BCUT2D eigenvalue weighted by atomic mass is 9.72. The number of carbonyl (C=O) groups excluding carboxylic acids is 3. The second kappa shape index (κ2) is 7.75. The van der Waals surface area contributed by atoms with Gasteiger partial charge in [-0.3, -0.25) is 14.4 Å². The number of carbonyl (C=O) groups is 3. The summed E-state index contributed by atoms with van der Waals surface area (Å²) in [5, 5.41) is 4.01. The molecule has 0 bridgehead atoms. The van der Waals surface area contributed by atoms with E-state index in [2.05, 4.69) is 11.2 Å². The maximum atomic E-state index is 12.8. The summed E-state index contributed by atoms with van der Waals surface area (Å²) >= 11 is 0. The third-order valence-corrected chi connectivity index (χ3v) is 5.77. The van der Waals surface area contributed by atoms with E-state index in [1.807, 2.05) is 27.7 Å². The third kappa shape index (κ3) is 3.47. The summed E-state index contributed by atoms with van der Waals surface area (Å²) in [6.45, 7) is 8.08. The SMILES string of the molecule is CCON=C(CC)C1C(=O)CC(c2c(C)cc3c(c2C)C(=O)CC3)CC1=O. The van der Waals surface area contributed by atoms with Gasteiger partial charge in [0, 0.05) is 24.8 Å². The number of nitrogens with zero attached hydrogens (tertiary/aromatic N) is 1. The first-order valence-corrected chi connectivity index (χ1v) is 9.79. The van der Waals surface area contributed by atoms with Crippen molar-refractivity contribution in [1.29, 1.82) is 0 Å². The van der Waals surface area contributed by atoms with E-state index in [0.29, 0.717) is 38.0 Å². The molecule has 2 aliphatic carbocycles. The lowest BCUT2D eigenvalue weighted by Crippen LogP contribution is -2.38. The number of hydrogen-bond acceptors (Lipinski definition) is 5. The number of fused-ring (bicyclic) bond motifs is 1. The summed E-state index contributed by atoms with van der Waals surface area (Å²) < 4.78 is 0. The zero-order chi connectivity index (χ0) is 19.7. The van der Waals surface area contributed by atoms with Gasteiger partial charge in [-0.15, -0.1) is 0 Å². The van der Waals surface area contributed by atoms with E-state index in [4.69, 9.17) is 4.84 Å². The summed E-state index contributed by atoms with van der Waals surface area (Å²) in [4.78, 5) is 43.1. The zero-order valence-corrected chi connectivity index (χ0v) is 16.6. The van der Waals surface area contributed by atoms with Crippen LogP contribution in [0, 0.1) is 19.8 Å². The van der Waals surface area contributed by atoms with Gasteiger partial charge < -0.3 is 4.84 Å². The predicted molar refractivity (Wildman–Crippen MR) is 103 cm³/mol. The van der Waals surface area contributed by atoms with E-state index in [1.54, 1.807) is 0 Å². The van der Waals surface area contributed by atoms with Crippen LogP contribution in [0.2, 0.25) is 0 Å². The minimum atomic E-state index is -0.783. The van der Waals surface area contributed by atoms with Gasteiger partial charge in [0.1, 0.15) is 24.1 Å². The predicted octanol–water partition coefficient (Wildman–Crippen LogP) is 3.87. The molecule has 0 heterocycles. The van der Waals surface area contributed by atoms with Crippen molar-refractivity contribution in [2.24, 2.45) is 11.1 Å². The molecule has 1 fully saturated rings. The van der Waals surface area contributed by atoms with Gasteiger partial charge in [0.25, 0.3) is 0 Å². The maximum Gasteiger partial charge on any atom is 0.163 e. The highest BCUT2D eigenvalue weighted by molar-refractivity contribution is 6.22. The Hall–Kier alpha value is -2.30. The summed E-state index contributed by atoms with van der Waals surface area (Å²) in [7, 11) is 0. The second-order valence-corrected chi connectivity index (χ2v) is 7.51. The molecule has 2 aliphatic rings. The number of Topliss-reactive ketones (excluding diaryl/α,β-unsaturated/α-hetero) is 3. The van der Waals surface area contributed by atoms with Gasteiger partial charge in [0.15, 0.2) is 5.78 Å². The monoisotopic (exact) mass is 369 g/mol. The standard InChI is InChI=1S/C22H27NO4/c1-5-16(23-27-6-2)22-18(25)10-15(11-19(22)26)20-12(3)9-14-7-8-17(24)21(14)13(20)4/h9,15,22H,5-8,10-11H2,1-4H3. The van der Waals surface area contributed by atoms with Crippen molar-refractivity contribution < 1.29 is 19.2 Å². The number of rotatable bonds is 5. The molecule has 3 rings (SSSR count). The minimum absolute atomic E-state index is 0.0952. The molecule has 0 N–H and O–H groups in total. The van der Waals surface area contributed by atoms with E-state index < -0.39 is 5.92 Å². The fourth-order valence-corrected chi connectivity index (χ4v) is 4.69. The topological polar surface area (TPSA) is 72.8 Å². The Labute approximate surface area is 160 Å². The van der Waals surface area contributed by atoms with Crippen molar-refractivity contribution in [2.75, 3.05) is 6.61 Å². The molecule has 0 spiro atoms. The summed E-state index contributed by atoms with van der Waals surface area (Å²) in [5.41, 5.74) is 5.46. The molecule has 27 heavy (non-hydrogen) atoms. The number of aryl methyl sites for hydroxylation is 2. The molecule has 0 saturated heterocycles. The quantitative estimate of drug-likeness (QED) is 0.449. The van der Waals surface area contributed by atoms with Crippen molar-refractivity contribution in [3.8, 4) is 0 Å². The second-order valence-electron chi connectivity index (χ2n) is 7.51. The Kier molecular flexibility index (Phi) is 5.59. The number of ketones is 3. The number of hydrogen-bond donors (Lipinski definition) is 0. The summed E-state index contributed by atoms with van der Waals surface area (Å²) in [6, 6.07) is 2.07. The number of benzene rings is 1. The van der Waals surface area contributed by atoms with Crippen LogP contribution in [0.4, 0.5) is 0 Å². The Morgan fingerprint density at radius 2 is 1.78 bits per heavy atom. The molecule has 1 aromatic carbocycles. The summed E-state index contributed by atoms with van der Waals surface area (Å²) in [6.07, 6.45) is 2.45. The first kappa shape index (κ1) is 19.5. The molecule has 0 aliphatic heterocycles. The van der Waals surface area contributed by atoms with Crippen molar-refractivity contribution in [1.82, 2.24) is 0 Å². The highest BCUT2D eigenvalue weighted by atomic mass is 16.6. The zero-order valence-electron chi connectivity index (χ0n) is 16.6. The largest absolute Gasteiger partial charge is 0.396 e. The fraction of sp³-hybridized carbons (Fsp3) is 0.545. The van der Waals surface area contributed by atoms with Crippen LogP contribution in [0.3, 0.4) is 0 Å². The van der Waals surface area contributed by atoms with Crippen LogP contribution in [0.1, 0.15) is 78.1 Å². The van der Waals surface area contributed by atoms with E-state index in [1.165, 1.54) is 0 Å². The lowest BCUT2D eigenvalue weighted by Gasteiger charge is -2.29. The van der Waals surface area contributed by atoms with Crippen molar-refractivity contribution >= 4 is 23.1 Å². The van der Waals surface area contributed by atoms with Crippen LogP contribution in [-0.4, -0.2) is 29.7 Å². The van der Waals surface area contributed by atoms with Crippen LogP contribution in [0.5, 0.6) is 0 Å². The molecular weight excluding hydrogens is 342 g/mol. The third-order valence-electron chi connectivity index (χ3n) is 5.77. The fourth-order valence-electron chi connectivity index (χ4n) is 4.69. The van der Waals surface area contributed by atoms with Crippen LogP contribution in [0.15, 0.2) is 11.2 Å². The maximum absolute atomic E-state index is 12.8. The van der Waals surface area contributed by atoms with Gasteiger partial charge in [0.05, 0.1) is 5.71 Å². The van der Waals surface area contributed by atoms with Crippen molar-refractivity contribution in [2.45, 2.75) is 65.7 Å². The van der Waals surface area contributed by atoms with Gasteiger partial charge >= 0.3 is 0 Å². The first-order chi connectivity index (χ1) is 12.9. The van der Waals surface area contributed by atoms with Gasteiger partial charge in [0.2, 0.25) is 0 Å². The van der Waals surface area contributed by atoms with Gasteiger partial charge in [-0.1, -0.05) is 18.1 Å². The highest BCUT2D eigenvalue weighted by Crippen LogP contribution is 2.39. The summed E-state index contributed by atoms with van der Waals surface area (Å²) in [5.74, 6) is -0.962. The molecule has 1 saturated carbocycles. The first-order valence-electron chi connectivity index (χ1n) is 9.79. The molecule has 5 heteroatoms. The molecule has 5 nitrogen and oxygen atoms in total. The van der Waals surface area contributed by atoms with Gasteiger partial charge in [-0.2, -0.15) is 0 Å². The average Bonchev–Trinajstić information content (AvgIpc) is 2.98. The van der Waals surface area contributed by atoms with Crippen molar-refractivity contribution in [3.05, 3.63) is 33.9 Å².